The molecule has 0 aliphatic carbocycles. The maximum atomic E-state index is 12.0. The average molecular weight is 341 g/mol. The Morgan fingerprint density at radius 2 is 1.96 bits per heavy atom. The van der Waals surface area contributed by atoms with Gasteiger partial charge in [-0.1, -0.05) is 6.07 Å². The summed E-state index contributed by atoms with van der Waals surface area (Å²) in [7, 11) is 1.59. The van der Waals surface area contributed by atoms with Crippen LogP contribution in [0.2, 0.25) is 0 Å². The maximum Gasteiger partial charge on any atom is 0.262 e. The highest BCUT2D eigenvalue weighted by atomic mass is 16.5. The lowest BCUT2D eigenvalue weighted by Gasteiger charge is -2.27. The second-order valence-corrected chi connectivity index (χ2v) is 5.97. The summed E-state index contributed by atoms with van der Waals surface area (Å²) in [4.78, 5) is 18.8. The molecule has 0 saturated carbocycles. The number of nitrogens with zero attached hydrogens (tertiary/aromatic N) is 2. The minimum atomic E-state index is -0.227. The summed E-state index contributed by atoms with van der Waals surface area (Å²) in [6.07, 6.45) is 5.40. The molecule has 0 radical (unpaired) electrons. The van der Waals surface area contributed by atoms with E-state index in [-0.39, 0.29) is 12.5 Å². The molecule has 0 unspecified atom stereocenters. The molecule has 1 aliphatic rings. The van der Waals surface area contributed by atoms with Crippen molar-refractivity contribution in [3.63, 3.8) is 0 Å². The van der Waals surface area contributed by atoms with Crippen LogP contribution in [0.1, 0.15) is 19.3 Å². The van der Waals surface area contributed by atoms with Crippen molar-refractivity contribution in [3.05, 3.63) is 42.6 Å². The molecule has 1 amide bonds. The summed E-state index contributed by atoms with van der Waals surface area (Å²) < 4.78 is 10.6. The fraction of sp³-hybridized carbons (Fsp3) is 0.368. The number of hydrogen-bond donors (Lipinski definition) is 1. The van der Waals surface area contributed by atoms with Crippen molar-refractivity contribution >= 4 is 17.4 Å². The predicted octanol–water partition coefficient (Wildman–Crippen LogP) is 3.10. The molecule has 1 aromatic heterocycles. The average Bonchev–Trinajstić information content (AvgIpc) is 2.68. The van der Waals surface area contributed by atoms with E-state index >= 15 is 0 Å². The highest BCUT2D eigenvalue weighted by molar-refractivity contribution is 5.91. The summed E-state index contributed by atoms with van der Waals surface area (Å²) in [6, 6.07) is 11.0. The largest absolute Gasteiger partial charge is 0.497 e. The Balaban J connectivity index is 1.50. The third-order valence-corrected chi connectivity index (χ3v) is 4.12. The number of aromatic nitrogens is 1. The SMILES string of the molecule is COc1cccc(OCC(=O)Nc2ccc(N3CCCCC3)nc2)c1. The number of hydrogen-bond acceptors (Lipinski definition) is 5. The van der Waals surface area contributed by atoms with Gasteiger partial charge >= 0.3 is 0 Å². The molecular weight excluding hydrogens is 318 g/mol. The van der Waals surface area contributed by atoms with Crippen LogP contribution in [0.25, 0.3) is 0 Å². The molecule has 6 nitrogen and oxygen atoms in total. The van der Waals surface area contributed by atoms with Crippen molar-refractivity contribution in [3.8, 4) is 11.5 Å². The fourth-order valence-electron chi connectivity index (χ4n) is 2.81. The van der Waals surface area contributed by atoms with Crippen LogP contribution in [0.4, 0.5) is 11.5 Å². The van der Waals surface area contributed by atoms with Crippen molar-refractivity contribution in [1.82, 2.24) is 4.98 Å². The van der Waals surface area contributed by atoms with Crippen molar-refractivity contribution < 1.29 is 14.3 Å². The molecule has 1 saturated heterocycles. The molecule has 2 aromatic rings. The van der Waals surface area contributed by atoms with Gasteiger partial charge in [-0.3, -0.25) is 4.79 Å². The molecule has 2 heterocycles. The molecule has 0 atom stereocenters. The van der Waals surface area contributed by atoms with Crippen LogP contribution in [-0.4, -0.2) is 37.7 Å². The van der Waals surface area contributed by atoms with E-state index in [1.807, 2.05) is 24.3 Å². The van der Waals surface area contributed by atoms with E-state index in [2.05, 4.69) is 15.2 Å². The van der Waals surface area contributed by atoms with Crippen LogP contribution in [0.15, 0.2) is 42.6 Å². The molecular formula is C19H23N3O3. The smallest absolute Gasteiger partial charge is 0.262 e. The predicted molar refractivity (Wildman–Crippen MR) is 97.4 cm³/mol. The van der Waals surface area contributed by atoms with Gasteiger partial charge in [-0.15, -0.1) is 0 Å². The highest BCUT2D eigenvalue weighted by Crippen LogP contribution is 2.20. The number of pyridine rings is 1. The maximum absolute atomic E-state index is 12.0. The monoisotopic (exact) mass is 341 g/mol. The van der Waals surface area contributed by atoms with E-state index in [9.17, 15) is 4.79 Å². The van der Waals surface area contributed by atoms with E-state index in [4.69, 9.17) is 9.47 Å². The van der Waals surface area contributed by atoms with Crippen molar-refractivity contribution in [2.45, 2.75) is 19.3 Å². The van der Waals surface area contributed by atoms with Crippen LogP contribution in [0.5, 0.6) is 11.5 Å². The van der Waals surface area contributed by atoms with Gasteiger partial charge in [0.05, 0.1) is 19.0 Å². The minimum Gasteiger partial charge on any atom is -0.497 e. The van der Waals surface area contributed by atoms with Gasteiger partial charge in [-0.05, 0) is 43.5 Å². The minimum absolute atomic E-state index is 0.0684. The van der Waals surface area contributed by atoms with E-state index in [0.717, 1.165) is 18.9 Å². The van der Waals surface area contributed by atoms with Crippen molar-refractivity contribution in [2.24, 2.45) is 0 Å². The zero-order chi connectivity index (χ0) is 17.5. The Labute approximate surface area is 147 Å². The van der Waals surface area contributed by atoms with Crippen LogP contribution >= 0.6 is 0 Å². The molecule has 1 N–H and O–H groups in total. The highest BCUT2D eigenvalue weighted by Gasteiger charge is 2.12. The van der Waals surface area contributed by atoms with E-state index < -0.39 is 0 Å². The molecule has 0 bridgehead atoms. The number of amides is 1. The van der Waals surface area contributed by atoms with Gasteiger partial charge in [0.15, 0.2) is 6.61 Å². The van der Waals surface area contributed by atoms with E-state index in [1.54, 1.807) is 25.4 Å². The van der Waals surface area contributed by atoms with Crippen molar-refractivity contribution in [2.75, 3.05) is 37.0 Å². The Kier molecular flexibility index (Phi) is 5.72. The number of rotatable bonds is 6. The number of carbonyl (C=O) groups is 1. The second kappa shape index (κ2) is 8.37. The van der Waals surface area contributed by atoms with Gasteiger partial charge in [0, 0.05) is 19.2 Å². The summed E-state index contributed by atoms with van der Waals surface area (Å²) >= 11 is 0. The van der Waals surface area contributed by atoms with Gasteiger partial charge in [-0.2, -0.15) is 0 Å². The van der Waals surface area contributed by atoms with Gasteiger partial charge in [0.2, 0.25) is 0 Å². The standard InChI is InChI=1S/C19H23N3O3/c1-24-16-6-5-7-17(12-16)25-14-19(23)21-15-8-9-18(20-13-15)22-10-3-2-4-11-22/h5-9,12-13H,2-4,10-11,14H2,1H3,(H,21,23). The lowest BCUT2D eigenvalue weighted by atomic mass is 10.1. The molecule has 0 spiro atoms. The molecule has 132 valence electrons. The molecule has 1 aliphatic heterocycles. The molecule has 3 rings (SSSR count). The first-order valence-electron chi connectivity index (χ1n) is 8.52. The first kappa shape index (κ1) is 17.1. The van der Waals surface area contributed by atoms with Gasteiger partial charge < -0.3 is 19.7 Å². The van der Waals surface area contributed by atoms with Gasteiger partial charge in [-0.25, -0.2) is 4.98 Å². The molecule has 1 fully saturated rings. The third kappa shape index (κ3) is 4.86. The topological polar surface area (TPSA) is 63.7 Å². The summed E-state index contributed by atoms with van der Waals surface area (Å²) in [6.45, 7) is 2.03. The first-order chi connectivity index (χ1) is 12.2. The molecule has 1 aromatic carbocycles. The Morgan fingerprint density at radius 3 is 2.68 bits per heavy atom. The van der Waals surface area contributed by atoms with Crippen LogP contribution in [0, 0.1) is 0 Å². The summed E-state index contributed by atoms with van der Waals surface area (Å²) in [5.41, 5.74) is 0.667. The zero-order valence-corrected chi connectivity index (χ0v) is 14.4. The number of piperidine rings is 1. The number of anilines is 2. The van der Waals surface area contributed by atoms with Gasteiger partial charge in [0.25, 0.3) is 5.91 Å². The number of ether oxygens (including phenoxy) is 2. The Bertz CT molecular complexity index is 697. The normalized spacial score (nSPS) is 14.0. The van der Waals surface area contributed by atoms with Gasteiger partial charge in [0.1, 0.15) is 17.3 Å². The second-order valence-electron chi connectivity index (χ2n) is 5.97. The van der Waals surface area contributed by atoms with Crippen LogP contribution < -0.4 is 19.7 Å². The number of nitrogens with one attached hydrogen (secondary N) is 1. The third-order valence-electron chi connectivity index (χ3n) is 4.12. The van der Waals surface area contributed by atoms with E-state index in [0.29, 0.717) is 17.2 Å². The fourth-order valence-corrected chi connectivity index (χ4v) is 2.81. The summed E-state index contributed by atoms with van der Waals surface area (Å²) in [5, 5.41) is 2.79. The molecule has 25 heavy (non-hydrogen) atoms. The number of methoxy groups -OCH3 is 1. The van der Waals surface area contributed by atoms with Crippen LogP contribution in [0.3, 0.4) is 0 Å². The van der Waals surface area contributed by atoms with Crippen LogP contribution in [-0.2, 0) is 4.79 Å². The molecule has 6 heteroatoms. The first-order valence-corrected chi connectivity index (χ1v) is 8.52. The number of carbonyl (C=O) groups excluding carboxylic acids is 1. The lowest BCUT2D eigenvalue weighted by molar-refractivity contribution is -0.118. The lowest BCUT2D eigenvalue weighted by Crippen LogP contribution is -2.30. The summed E-state index contributed by atoms with van der Waals surface area (Å²) in [5.74, 6) is 2.02. The quantitative estimate of drug-likeness (QED) is 0.875. The van der Waals surface area contributed by atoms with E-state index in [1.165, 1.54) is 19.3 Å². The Morgan fingerprint density at radius 1 is 1.16 bits per heavy atom. The number of benzene rings is 1. The van der Waals surface area contributed by atoms with Crippen molar-refractivity contribution in [1.29, 1.82) is 0 Å². The Hall–Kier alpha value is -2.76. The zero-order valence-electron chi connectivity index (χ0n) is 14.4.